The van der Waals surface area contributed by atoms with Crippen molar-refractivity contribution >= 4 is 12.2 Å². The lowest BCUT2D eigenvalue weighted by Gasteiger charge is -1.95. The van der Waals surface area contributed by atoms with Crippen LogP contribution in [-0.2, 0) is 0 Å². The molecule has 3 rings (SSSR count). The van der Waals surface area contributed by atoms with Gasteiger partial charge in [-0.1, -0.05) is 42.5 Å². The number of benzene rings is 2. The zero-order valence-corrected chi connectivity index (χ0v) is 12.1. The maximum Gasteiger partial charge on any atom is 0.272 e. The lowest BCUT2D eigenvalue weighted by molar-refractivity contribution is 0.475. The normalized spacial score (nSPS) is 12.5. The molecule has 0 spiro atoms. The van der Waals surface area contributed by atoms with Crippen LogP contribution in [0.25, 0.3) is 12.2 Å². The first-order valence-electron chi connectivity index (χ1n) is 7.02. The number of phenols is 1. The highest BCUT2D eigenvalue weighted by Crippen LogP contribution is 2.10. The van der Waals surface area contributed by atoms with Gasteiger partial charge in [-0.2, -0.15) is 0 Å². The number of aromatic nitrogens is 2. The Labute approximate surface area is 130 Å². The molecule has 1 heterocycles. The molecule has 1 aromatic heterocycles. The number of aromatic hydroxyl groups is 1. The Morgan fingerprint density at radius 1 is 0.739 bits per heavy atom. The van der Waals surface area contributed by atoms with Crippen molar-refractivity contribution < 1.29 is 5.11 Å². The van der Waals surface area contributed by atoms with Crippen LogP contribution in [-0.4, -0.2) is 15.1 Å². The smallest absolute Gasteiger partial charge is 0.272 e. The lowest BCUT2D eigenvalue weighted by Crippen LogP contribution is -2.46. The summed E-state index contributed by atoms with van der Waals surface area (Å²) in [4.78, 5) is 29.4. The van der Waals surface area contributed by atoms with Crippen molar-refractivity contribution in [3.05, 3.63) is 97.1 Å². The average Bonchev–Trinajstić information content (AvgIpc) is 2.53. The Hall–Kier alpha value is -3.34. The van der Waals surface area contributed by atoms with Crippen LogP contribution in [0.4, 0.5) is 0 Å². The predicted octanol–water partition coefficient (Wildman–Crippen LogP) is 0.426. The molecule has 0 saturated heterocycles. The molecule has 0 amide bonds. The fourth-order valence-corrected chi connectivity index (χ4v) is 2.19. The highest BCUT2D eigenvalue weighted by molar-refractivity contribution is 5.50. The standard InChI is InChI=1S/C18H14N2O3/c21-14-8-4-7-13(9-14)11-16-18(23)19-15(17(22)20-16)10-12-5-2-1-3-6-12/h1-11,21H,(H,19,23)(H,20,22)/b15-10-,16-11-. The Balaban J connectivity index is 2.14. The number of hydrogen-bond donors (Lipinski definition) is 3. The highest BCUT2D eigenvalue weighted by atomic mass is 16.3. The van der Waals surface area contributed by atoms with Crippen LogP contribution in [0.3, 0.4) is 0 Å². The molecule has 0 unspecified atom stereocenters. The minimum atomic E-state index is -0.407. The molecule has 0 fully saturated rings. The van der Waals surface area contributed by atoms with E-state index in [1.54, 1.807) is 18.2 Å². The molecule has 5 heteroatoms. The highest BCUT2D eigenvalue weighted by Gasteiger charge is 1.97. The first-order chi connectivity index (χ1) is 11.1. The summed E-state index contributed by atoms with van der Waals surface area (Å²) in [5, 5.41) is 9.76. The Kier molecular flexibility index (Phi) is 3.93. The quantitative estimate of drug-likeness (QED) is 0.641. The van der Waals surface area contributed by atoms with Gasteiger partial charge < -0.3 is 15.1 Å². The van der Waals surface area contributed by atoms with Crippen molar-refractivity contribution in [1.82, 2.24) is 9.97 Å². The first-order valence-corrected chi connectivity index (χ1v) is 7.02. The third kappa shape index (κ3) is 3.47. The summed E-state index contributed by atoms with van der Waals surface area (Å²) in [6, 6.07) is 15.7. The van der Waals surface area contributed by atoms with E-state index in [-0.39, 0.29) is 22.0 Å². The predicted molar refractivity (Wildman–Crippen MR) is 88.6 cm³/mol. The first kappa shape index (κ1) is 14.6. The minimum Gasteiger partial charge on any atom is -0.508 e. The summed E-state index contributed by atoms with van der Waals surface area (Å²) in [7, 11) is 0. The number of phenolic OH excluding ortho intramolecular Hbond substituents is 1. The summed E-state index contributed by atoms with van der Waals surface area (Å²) in [5.74, 6) is 0.0894. The van der Waals surface area contributed by atoms with E-state index < -0.39 is 5.56 Å². The van der Waals surface area contributed by atoms with E-state index in [1.807, 2.05) is 30.3 Å². The monoisotopic (exact) mass is 306 g/mol. The van der Waals surface area contributed by atoms with Crippen LogP contribution in [0.1, 0.15) is 11.1 Å². The molecule has 0 aliphatic heterocycles. The number of nitrogens with one attached hydrogen (secondary N) is 2. The largest absolute Gasteiger partial charge is 0.508 e. The summed E-state index contributed by atoms with van der Waals surface area (Å²) < 4.78 is 0. The summed E-state index contributed by atoms with van der Waals surface area (Å²) in [5.41, 5.74) is 0.638. The SMILES string of the molecule is O=c1[nH]/c(=C\c2cccc(O)c2)c(=O)[nH]/c1=C\c1ccccc1. The van der Waals surface area contributed by atoms with E-state index in [2.05, 4.69) is 9.97 Å². The van der Waals surface area contributed by atoms with Gasteiger partial charge in [0.2, 0.25) is 0 Å². The van der Waals surface area contributed by atoms with Gasteiger partial charge in [0.15, 0.2) is 0 Å². The van der Waals surface area contributed by atoms with E-state index in [4.69, 9.17) is 0 Å². The molecule has 0 saturated carbocycles. The number of hydrogen-bond acceptors (Lipinski definition) is 3. The second kappa shape index (κ2) is 6.19. The van der Waals surface area contributed by atoms with Gasteiger partial charge in [0.1, 0.15) is 16.4 Å². The van der Waals surface area contributed by atoms with Crippen molar-refractivity contribution in [2.75, 3.05) is 0 Å². The maximum absolute atomic E-state index is 12.1. The molecule has 0 aliphatic rings. The molecule has 2 aromatic carbocycles. The van der Waals surface area contributed by atoms with E-state index in [0.29, 0.717) is 5.56 Å². The molecule has 0 atom stereocenters. The molecule has 114 valence electrons. The van der Waals surface area contributed by atoms with Gasteiger partial charge in [-0.25, -0.2) is 0 Å². The molecule has 0 bridgehead atoms. The topological polar surface area (TPSA) is 85.9 Å². The number of rotatable bonds is 2. The van der Waals surface area contributed by atoms with Gasteiger partial charge >= 0.3 is 0 Å². The molecule has 0 radical (unpaired) electrons. The average molecular weight is 306 g/mol. The zero-order valence-electron chi connectivity index (χ0n) is 12.1. The van der Waals surface area contributed by atoms with Crippen LogP contribution in [0.15, 0.2) is 64.2 Å². The van der Waals surface area contributed by atoms with Crippen LogP contribution in [0.5, 0.6) is 5.75 Å². The second-order valence-electron chi connectivity index (χ2n) is 5.03. The van der Waals surface area contributed by atoms with E-state index in [1.165, 1.54) is 18.2 Å². The molecule has 0 aliphatic carbocycles. The fraction of sp³-hybridized carbons (Fsp3) is 0. The van der Waals surface area contributed by atoms with Crippen molar-refractivity contribution in [3.63, 3.8) is 0 Å². The third-order valence-electron chi connectivity index (χ3n) is 3.28. The van der Waals surface area contributed by atoms with Crippen LogP contribution in [0, 0.1) is 0 Å². The molecule has 3 aromatic rings. The van der Waals surface area contributed by atoms with Crippen molar-refractivity contribution in [3.8, 4) is 5.75 Å². The summed E-state index contributed by atoms with van der Waals surface area (Å²) in [6.45, 7) is 0. The van der Waals surface area contributed by atoms with Crippen molar-refractivity contribution in [2.45, 2.75) is 0 Å². The molecule has 23 heavy (non-hydrogen) atoms. The van der Waals surface area contributed by atoms with Gasteiger partial charge in [0.25, 0.3) is 11.1 Å². The lowest BCUT2D eigenvalue weighted by atomic mass is 10.2. The van der Waals surface area contributed by atoms with Gasteiger partial charge in [-0.15, -0.1) is 0 Å². The van der Waals surface area contributed by atoms with Crippen LogP contribution in [0.2, 0.25) is 0 Å². The Morgan fingerprint density at radius 3 is 1.91 bits per heavy atom. The van der Waals surface area contributed by atoms with Gasteiger partial charge in [-0.3, -0.25) is 9.59 Å². The van der Waals surface area contributed by atoms with Gasteiger partial charge in [0, 0.05) is 0 Å². The zero-order chi connectivity index (χ0) is 16.2. The summed E-state index contributed by atoms with van der Waals surface area (Å²) >= 11 is 0. The summed E-state index contributed by atoms with van der Waals surface area (Å²) in [6.07, 6.45) is 3.12. The molecular weight excluding hydrogens is 292 g/mol. The maximum atomic E-state index is 12.1. The van der Waals surface area contributed by atoms with E-state index in [0.717, 1.165) is 5.56 Å². The van der Waals surface area contributed by atoms with Crippen LogP contribution >= 0.6 is 0 Å². The van der Waals surface area contributed by atoms with E-state index >= 15 is 0 Å². The Morgan fingerprint density at radius 2 is 1.30 bits per heavy atom. The number of H-pyrrole nitrogens is 2. The van der Waals surface area contributed by atoms with Gasteiger partial charge in [-0.05, 0) is 35.4 Å². The Bertz CT molecular complexity index is 1060. The van der Waals surface area contributed by atoms with Crippen LogP contribution < -0.4 is 21.8 Å². The molecule has 5 nitrogen and oxygen atoms in total. The minimum absolute atomic E-state index is 0.0894. The van der Waals surface area contributed by atoms with Crippen molar-refractivity contribution in [1.29, 1.82) is 0 Å². The number of aromatic amines is 2. The third-order valence-corrected chi connectivity index (χ3v) is 3.28. The second-order valence-corrected chi connectivity index (χ2v) is 5.03. The fourth-order valence-electron chi connectivity index (χ4n) is 2.19. The van der Waals surface area contributed by atoms with E-state index in [9.17, 15) is 14.7 Å². The molecule has 3 N–H and O–H groups in total. The van der Waals surface area contributed by atoms with Gasteiger partial charge in [0.05, 0.1) is 0 Å². The molecular formula is C18H14N2O3. The van der Waals surface area contributed by atoms with Crippen molar-refractivity contribution in [2.24, 2.45) is 0 Å².